The predicted octanol–water partition coefficient (Wildman–Crippen LogP) is 2.83. The molecule has 2 atom stereocenters. The highest BCUT2D eigenvalue weighted by Gasteiger charge is 2.44. The molecule has 2 saturated heterocycles. The summed E-state index contributed by atoms with van der Waals surface area (Å²) in [5, 5.41) is 0. The second-order valence-corrected chi connectivity index (χ2v) is 8.04. The molecule has 2 heterocycles. The van der Waals surface area contributed by atoms with Crippen LogP contribution in [0.3, 0.4) is 0 Å². The van der Waals surface area contributed by atoms with Crippen LogP contribution in [0.5, 0.6) is 0 Å². The summed E-state index contributed by atoms with van der Waals surface area (Å²) in [7, 11) is 1.70. The molecular formula is C23H25F2N3O2. The van der Waals surface area contributed by atoms with Crippen molar-refractivity contribution in [3.63, 3.8) is 0 Å². The lowest BCUT2D eigenvalue weighted by Crippen LogP contribution is -2.50. The second-order valence-electron chi connectivity index (χ2n) is 8.04. The highest BCUT2D eigenvalue weighted by Crippen LogP contribution is 2.38. The maximum absolute atomic E-state index is 13.3. The number of amides is 2. The third-order valence-corrected chi connectivity index (χ3v) is 6.12. The number of hydrogen-bond acceptors (Lipinski definition) is 3. The van der Waals surface area contributed by atoms with Gasteiger partial charge in [-0.15, -0.1) is 0 Å². The maximum atomic E-state index is 13.3. The van der Waals surface area contributed by atoms with Crippen LogP contribution in [0.2, 0.25) is 0 Å². The predicted molar refractivity (Wildman–Crippen MR) is 108 cm³/mol. The molecule has 7 heteroatoms. The van der Waals surface area contributed by atoms with Crippen molar-refractivity contribution in [2.24, 2.45) is 5.92 Å². The summed E-state index contributed by atoms with van der Waals surface area (Å²) < 4.78 is 26.4. The summed E-state index contributed by atoms with van der Waals surface area (Å²) in [6.07, 6.45) is 0.174. The minimum atomic E-state index is -0.461. The van der Waals surface area contributed by atoms with Crippen LogP contribution in [0.25, 0.3) is 0 Å². The van der Waals surface area contributed by atoms with Gasteiger partial charge in [0, 0.05) is 46.2 Å². The maximum Gasteiger partial charge on any atom is 0.228 e. The quantitative estimate of drug-likeness (QED) is 0.774. The van der Waals surface area contributed by atoms with Gasteiger partial charge in [0.15, 0.2) is 0 Å². The molecule has 0 radical (unpaired) electrons. The number of halogens is 2. The van der Waals surface area contributed by atoms with Gasteiger partial charge in [0.25, 0.3) is 0 Å². The molecule has 4 rings (SSSR count). The first-order chi connectivity index (χ1) is 14.4. The van der Waals surface area contributed by atoms with Gasteiger partial charge < -0.3 is 9.80 Å². The Morgan fingerprint density at radius 1 is 0.933 bits per heavy atom. The Balaban J connectivity index is 1.40. The Kier molecular flexibility index (Phi) is 5.81. The van der Waals surface area contributed by atoms with Gasteiger partial charge in [-0.1, -0.05) is 24.3 Å². The summed E-state index contributed by atoms with van der Waals surface area (Å²) in [6, 6.07) is 12.1. The molecule has 0 aromatic heterocycles. The van der Waals surface area contributed by atoms with Gasteiger partial charge >= 0.3 is 0 Å². The minimum absolute atomic E-state index is 0.0246. The number of carbonyl (C=O) groups excluding carboxylic acids is 2. The average Bonchev–Trinajstić information content (AvgIpc) is 3.05. The molecule has 30 heavy (non-hydrogen) atoms. The van der Waals surface area contributed by atoms with Gasteiger partial charge in [-0.05, 0) is 35.4 Å². The van der Waals surface area contributed by atoms with Crippen molar-refractivity contribution in [1.29, 1.82) is 0 Å². The van der Waals surface area contributed by atoms with E-state index >= 15 is 0 Å². The van der Waals surface area contributed by atoms with Gasteiger partial charge in [-0.2, -0.15) is 0 Å². The molecule has 2 fully saturated rings. The highest BCUT2D eigenvalue weighted by molar-refractivity contribution is 5.90. The highest BCUT2D eigenvalue weighted by atomic mass is 19.1. The lowest BCUT2D eigenvalue weighted by molar-refractivity contribution is -0.138. The van der Waals surface area contributed by atoms with Crippen molar-refractivity contribution < 1.29 is 18.4 Å². The van der Waals surface area contributed by atoms with Gasteiger partial charge in [0.2, 0.25) is 11.8 Å². The van der Waals surface area contributed by atoms with Crippen LogP contribution in [0.4, 0.5) is 8.78 Å². The molecule has 0 aliphatic carbocycles. The van der Waals surface area contributed by atoms with Crippen molar-refractivity contribution in [2.45, 2.75) is 19.0 Å². The zero-order valence-corrected chi connectivity index (χ0v) is 16.9. The zero-order chi connectivity index (χ0) is 21.3. The molecule has 158 valence electrons. The van der Waals surface area contributed by atoms with E-state index < -0.39 is 5.92 Å². The normalized spacial score (nSPS) is 22.6. The van der Waals surface area contributed by atoms with Gasteiger partial charge in [-0.25, -0.2) is 8.78 Å². The molecule has 2 aromatic rings. The summed E-state index contributed by atoms with van der Waals surface area (Å²) in [6.45, 7) is 3.34. The number of nitrogens with zero attached hydrogens (tertiary/aromatic N) is 3. The molecule has 2 aliphatic heterocycles. The average molecular weight is 413 g/mol. The van der Waals surface area contributed by atoms with Gasteiger partial charge in [0.1, 0.15) is 11.6 Å². The number of benzene rings is 2. The fourth-order valence-corrected chi connectivity index (χ4v) is 4.42. The van der Waals surface area contributed by atoms with E-state index in [-0.39, 0.29) is 35.9 Å². The minimum Gasteiger partial charge on any atom is -0.340 e. The number of carbonyl (C=O) groups is 2. The van der Waals surface area contributed by atoms with Crippen molar-refractivity contribution in [3.8, 4) is 0 Å². The Morgan fingerprint density at radius 3 is 2.10 bits per heavy atom. The number of likely N-dealkylation sites (tertiary alicyclic amines) is 1. The third-order valence-electron chi connectivity index (χ3n) is 6.12. The second kappa shape index (κ2) is 8.52. The van der Waals surface area contributed by atoms with E-state index in [0.717, 1.165) is 24.2 Å². The lowest BCUT2D eigenvalue weighted by Gasteiger charge is -2.37. The lowest BCUT2D eigenvalue weighted by atomic mass is 9.92. The van der Waals surface area contributed by atoms with E-state index in [1.165, 1.54) is 24.3 Å². The number of rotatable bonds is 4. The van der Waals surface area contributed by atoms with Crippen LogP contribution in [-0.2, 0) is 16.1 Å². The Labute approximate surface area is 174 Å². The molecule has 0 bridgehead atoms. The van der Waals surface area contributed by atoms with Crippen LogP contribution >= 0.6 is 0 Å². The SMILES string of the molecule is CN1C(=O)C[C@@H](C(=O)N2CCN(Cc3ccc(F)cc3)CC2)[C@@H]1c1ccc(F)cc1. The number of piperazine rings is 1. The Hall–Kier alpha value is -2.80. The molecule has 0 N–H and O–H groups in total. The topological polar surface area (TPSA) is 43.9 Å². The van der Waals surface area contributed by atoms with Crippen molar-refractivity contribution in [1.82, 2.24) is 14.7 Å². The smallest absolute Gasteiger partial charge is 0.228 e. The first kappa shape index (κ1) is 20.5. The Morgan fingerprint density at radius 2 is 1.50 bits per heavy atom. The summed E-state index contributed by atoms with van der Waals surface area (Å²) in [5.41, 5.74) is 1.81. The Bertz CT molecular complexity index is 909. The van der Waals surface area contributed by atoms with Crippen LogP contribution in [0.15, 0.2) is 48.5 Å². The molecular weight excluding hydrogens is 388 g/mol. The first-order valence-corrected chi connectivity index (χ1v) is 10.2. The molecule has 2 aliphatic rings. The standard InChI is InChI=1S/C23H25F2N3O2/c1-26-21(29)14-20(22(26)17-4-8-19(25)9-5-17)23(30)28-12-10-27(11-13-28)15-16-2-6-18(24)7-3-16/h2-9,20,22H,10-15H2,1H3/t20-,22+/m1/s1. The summed E-state index contributed by atoms with van der Waals surface area (Å²) >= 11 is 0. The number of hydrogen-bond donors (Lipinski definition) is 0. The molecule has 2 amide bonds. The van der Waals surface area contributed by atoms with Gasteiger partial charge in [0.05, 0.1) is 12.0 Å². The van der Waals surface area contributed by atoms with E-state index in [1.54, 1.807) is 36.2 Å². The molecule has 0 unspecified atom stereocenters. The van der Waals surface area contributed by atoms with Crippen molar-refractivity contribution >= 4 is 11.8 Å². The summed E-state index contributed by atoms with van der Waals surface area (Å²) in [5.74, 6) is -1.15. The summed E-state index contributed by atoms with van der Waals surface area (Å²) in [4.78, 5) is 31.3. The van der Waals surface area contributed by atoms with Crippen LogP contribution < -0.4 is 0 Å². The van der Waals surface area contributed by atoms with E-state index in [9.17, 15) is 18.4 Å². The van der Waals surface area contributed by atoms with Crippen LogP contribution in [0.1, 0.15) is 23.6 Å². The van der Waals surface area contributed by atoms with Gasteiger partial charge in [-0.3, -0.25) is 14.5 Å². The largest absolute Gasteiger partial charge is 0.340 e. The van der Waals surface area contributed by atoms with Crippen molar-refractivity contribution in [2.75, 3.05) is 33.2 Å². The molecule has 0 spiro atoms. The van der Waals surface area contributed by atoms with Crippen molar-refractivity contribution in [3.05, 3.63) is 71.3 Å². The molecule has 0 saturated carbocycles. The van der Waals surface area contributed by atoms with E-state index in [4.69, 9.17) is 0 Å². The van der Waals surface area contributed by atoms with Crippen LogP contribution in [0, 0.1) is 17.6 Å². The molecule has 5 nitrogen and oxygen atoms in total. The van der Waals surface area contributed by atoms with E-state index in [2.05, 4.69) is 4.90 Å². The first-order valence-electron chi connectivity index (χ1n) is 10.2. The third kappa shape index (κ3) is 4.21. The fourth-order valence-electron chi connectivity index (χ4n) is 4.42. The zero-order valence-electron chi connectivity index (χ0n) is 16.9. The fraction of sp³-hybridized carbons (Fsp3) is 0.391. The monoisotopic (exact) mass is 413 g/mol. The van der Waals surface area contributed by atoms with E-state index in [0.29, 0.717) is 19.6 Å². The molecule has 2 aromatic carbocycles. The van der Waals surface area contributed by atoms with Crippen LogP contribution in [-0.4, -0.2) is 59.7 Å². The van der Waals surface area contributed by atoms with E-state index in [1.807, 2.05) is 4.90 Å².